The summed E-state index contributed by atoms with van der Waals surface area (Å²) < 4.78 is 0. The number of anilines is 2. The summed E-state index contributed by atoms with van der Waals surface area (Å²) in [5.41, 5.74) is 2.44. The molecule has 1 fully saturated rings. The fraction of sp³-hybridized carbons (Fsp3) is 0.450. The second kappa shape index (κ2) is 10.0. The van der Waals surface area contributed by atoms with Crippen LogP contribution in [0.1, 0.15) is 29.4 Å². The minimum atomic E-state index is -0.365. The van der Waals surface area contributed by atoms with Gasteiger partial charge in [-0.25, -0.2) is 4.79 Å². The van der Waals surface area contributed by atoms with Crippen LogP contribution >= 0.6 is 0 Å². The molecule has 0 bridgehead atoms. The maximum Gasteiger partial charge on any atom is 0.319 e. The number of hydrogen-bond donors (Lipinski definition) is 4. The molecule has 0 atom stereocenters. The Morgan fingerprint density at radius 3 is 2.52 bits per heavy atom. The largest absolute Gasteiger partial charge is 0.338 e. The molecule has 3 amide bonds. The number of carbonyl (C=O) groups excluding carboxylic acids is 2. The van der Waals surface area contributed by atoms with Gasteiger partial charge in [-0.3, -0.25) is 14.8 Å². The van der Waals surface area contributed by atoms with Crippen molar-refractivity contribution in [3.8, 4) is 0 Å². The fourth-order valence-corrected chi connectivity index (χ4v) is 3.11. The van der Waals surface area contributed by atoms with E-state index < -0.39 is 0 Å². The van der Waals surface area contributed by atoms with E-state index in [2.05, 4.69) is 43.0 Å². The number of urea groups is 1. The normalized spacial score (nSPS) is 15.1. The van der Waals surface area contributed by atoms with Gasteiger partial charge in [0.2, 0.25) is 0 Å². The molecule has 1 aromatic heterocycles. The molecule has 4 N–H and O–H groups in total. The van der Waals surface area contributed by atoms with Gasteiger partial charge in [0.15, 0.2) is 0 Å². The van der Waals surface area contributed by atoms with Crippen molar-refractivity contribution >= 4 is 23.3 Å². The van der Waals surface area contributed by atoms with E-state index in [0.717, 1.165) is 39.1 Å². The number of aromatic amines is 1. The van der Waals surface area contributed by atoms with Crippen LogP contribution in [-0.4, -0.2) is 71.7 Å². The summed E-state index contributed by atoms with van der Waals surface area (Å²) in [7, 11) is 2.15. The Balaban J connectivity index is 1.54. The number of piperazine rings is 1. The van der Waals surface area contributed by atoms with Crippen LogP contribution in [0.5, 0.6) is 0 Å². The van der Waals surface area contributed by atoms with Gasteiger partial charge in [-0.15, -0.1) is 0 Å². The molecule has 9 heteroatoms. The summed E-state index contributed by atoms with van der Waals surface area (Å²) in [5, 5.41) is 14.7. The first-order valence-electron chi connectivity index (χ1n) is 9.94. The Bertz CT molecular complexity index is 810. The zero-order valence-electron chi connectivity index (χ0n) is 17.0. The van der Waals surface area contributed by atoms with Crippen LogP contribution in [0.25, 0.3) is 0 Å². The maximum atomic E-state index is 12.6. The zero-order valence-corrected chi connectivity index (χ0v) is 17.0. The number of likely N-dealkylation sites (N-methyl/N-ethyl adjacent to an activating group) is 1. The van der Waals surface area contributed by atoms with Crippen molar-refractivity contribution in [2.24, 2.45) is 0 Å². The van der Waals surface area contributed by atoms with Crippen LogP contribution in [0.4, 0.5) is 16.2 Å². The van der Waals surface area contributed by atoms with E-state index in [4.69, 9.17) is 0 Å². The fourth-order valence-electron chi connectivity index (χ4n) is 3.11. The van der Waals surface area contributed by atoms with Crippen molar-refractivity contribution in [2.45, 2.75) is 19.9 Å². The summed E-state index contributed by atoms with van der Waals surface area (Å²) in [4.78, 5) is 29.1. The first kappa shape index (κ1) is 20.8. The summed E-state index contributed by atoms with van der Waals surface area (Å²) in [6, 6.07) is 7.47. The third-order valence-electron chi connectivity index (χ3n) is 4.86. The molecule has 156 valence electrons. The van der Waals surface area contributed by atoms with Crippen molar-refractivity contribution in [1.29, 1.82) is 0 Å². The summed E-state index contributed by atoms with van der Waals surface area (Å²) in [6.45, 7) is 7.74. The minimum Gasteiger partial charge on any atom is -0.338 e. The predicted octanol–water partition coefficient (Wildman–Crippen LogP) is 1.94. The molecule has 0 saturated carbocycles. The number of nitrogens with zero attached hydrogens (tertiary/aromatic N) is 3. The number of H-pyrrole nitrogens is 1. The average molecular weight is 399 g/mol. The lowest BCUT2D eigenvalue weighted by Crippen LogP contribution is -2.43. The lowest BCUT2D eigenvalue weighted by molar-refractivity contribution is 0.102. The number of carbonyl (C=O) groups is 2. The molecule has 1 aliphatic rings. The highest BCUT2D eigenvalue weighted by atomic mass is 16.2. The quantitative estimate of drug-likeness (QED) is 0.569. The highest BCUT2D eigenvalue weighted by Crippen LogP contribution is 2.16. The molecule has 1 saturated heterocycles. The Morgan fingerprint density at radius 1 is 1.10 bits per heavy atom. The van der Waals surface area contributed by atoms with Crippen molar-refractivity contribution in [3.63, 3.8) is 0 Å². The number of hydrogen-bond acceptors (Lipinski definition) is 5. The molecule has 9 nitrogen and oxygen atoms in total. The monoisotopic (exact) mass is 399 g/mol. The molecule has 0 unspecified atom stereocenters. The van der Waals surface area contributed by atoms with E-state index in [1.165, 1.54) is 11.8 Å². The van der Waals surface area contributed by atoms with Gasteiger partial charge in [0.1, 0.15) is 5.69 Å². The molecular weight excluding hydrogens is 370 g/mol. The highest BCUT2D eigenvalue weighted by molar-refractivity contribution is 6.08. The van der Waals surface area contributed by atoms with Gasteiger partial charge < -0.3 is 20.9 Å². The number of benzene rings is 1. The van der Waals surface area contributed by atoms with Crippen LogP contribution < -0.4 is 16.0 Å². The van der Waals surface area contributed by atoms with Gasteiger partial charge in [0.25, 0.3) is 5.91 Å². The minimum absolute atomic E-state index is 0.207. The van der Waals surface area contributed by atoms with E-state index in [0.29, 0.717) is 17.9 Å². The van der Waals surface area contributed by atoms with Gasteiger partial charge in [-0.1, -0.05) is 19.1 Å². The van der Waals surface area contributed by atoms with Crippen molar-refractivity contribution in [1.82, 2.24) is 25.3 Å². The molecule has 0 radical (unpaired) electrons. The average Bonchev–Trinajstić information content (AvgIpc) is 3.18. The van der Waals surface area contributed by atoms with Gasteiger partial charge in [0, 0.05) is 45.0 Å². The number of aromatic nitrogens is 2. The van der Waals surface area contributed by atoms with E-state index in [1.807, 2.05) is 31.2 Å². The lowest BCUT2D eigenvalue weighted by atomic mass is 10.1. The Kier molecular flexibility index (Phi) is 7.20. The smallest absolute Gasteiger partial charge is 0.319 e. The molecule has 1 aromatic carbocycles. The maximum absolute atomic E-state index is 12.6. The standard InChI is InChI=1S/C20H29N7O2/c1-3-8-21-20(29)24-17-13-22-25-18(17)19(28)23-16-6-4-15(5-7-16)14-27-11-9-26(2)10-12-27/h4-7,13H,3,8-12,14H2,1-2H3,(H,22,25)(H,23,28)(H2,21,24,29). The number of rotatable bonds is 7. The third kappa shape index (κ3) is 6.03. The summed E-state index contributed by atoms with van der Waals surface area (Å²) in [5.74, 6) is -0.361. The SMILES string of the molecule is CCCNC(=O)Nc1cn[nH]c1C(=O)Nc1ccc(CN2CCN(C)CC2)cc1. The second-order valence-electron chi connectivity index (χ2n) is 7.27. The van der Waals surface area contributed by atoms with Gasteiger partial charge in [-0.2, -0.15) is 5.10 Å². The summed E-state index contributed by atoms with van der Waals surface area (Å²) in [6.07, 6.45) is 2.25. The van der Waals surface area contributed by atoms with E-state index in [9.17, 15) is 9.59 Å². The third-order valence-corrected chi connectivity index (χ3v) is 4.86. The highest BCUT2D eigenvalue weighted by Gasteiger charge is 2.17. The lowest BCUT2D eigenvalue weighted by Gasteiger charge is -2.32. The number of amides is 3. The zero-order chi connectivity index (χ0) is 20.6. The van der Waals surface area contributed by atoms with E-state index >= 15 is 0 Å². The first-order valence-corrected chi connectivity index (χ1v) is 9.94. The van der Waals surface area contributed by atoms with Crippen LogP contribution in [-0.2, 0) is 6.54 Å². The van der Waals surface area contributed by atoms with Gasteiger partial charge in [-0.05, 0) is 31.2 Å². The first-order chi connectivity index (χ1) is 14.0. The van der Waals surface area contributed by atoms with Crippen LogP contribution in [0.3, 0.4) is 0 Å². The molecule has 2 aromatic rings. The van der Waals surface area contributed by atoms with Gasteiger partial charge in [0.05, 0.1) is 11.9 Å². The van der Waals surface area contributed by atoms with Gasteiger partial charge >= 0.3 is 6.03 Å². The van der Waals surface area contributed by atoms with E-state index in [-0.39, 0.29) is 17.6 Å². The molecular formula is C20H29N7O2. The van der Waals surface area contributed by atoms with Crippen LogP contribution in [0.2, 0.25) is 0 Å². The summed E-state index contributed by atoms with van der Waals surface area (Å²) >= 11 is 0. The topological polar surface area (TPSA) is 105 Å². The molecule has 0 aliphatic carbocycles. The molecule has 1 aliphatic heterocycles. The Labute approximate surface area is 170 Å². The molecule has 0 spiro atoms. The molecule has 29 heavy (non-hydrogen) atoms. The van der Waals surface area contributed by atoms with Crippen LogP contribution in [0.15, 0.2) is 30.5 Å². The molecule has 3 rings (SSSR count). The second-order valence-corrected chi connectivity index (χ2v) is 7.27. The van der Waals surface area contributed by atoms with Crippen molar-refractivity contribution in [3.05, 3.63) is 41.7 Å². The van der Waals surface area contributed by atoms with Crippen LogP contribution in [0, 0.1) is 0 Å². The Morgan fingerprint density at radius 2 is 1.83 bits per heavy atom. The van der Waals surface area contributed by atoms with Crippen molar-refractivity contribution < 1.29 is 9.59 Å². The van der Waals surface area contributed by atoms with Crippen molar-refractivity contribution in [2.75, 3.05) is 50.4 Å². The molecule has 2 heterocycles. The van der Waals surface area contributed by atoms with E-state index in [1.54, 1.807) is 0 Å². The Hall–Kier alpha value is -2.91. The predicted molar refractivity (Wildman–Crippen MR) is 113 cm³/mol. The number of nitrogens with one attached hydrogen (secondary N) is 4.